The van der Waals surface area contributed by atoms with Gasteiger partial charge in [-0.05, 0) is 24.3 Å². The molecule has 0 N–H and O–H groups in total. The molecule has 0 saturated heterocycles. The molecule has 4 nitrogen and oxygen atoms in total. The molecule has 0 fully saturated rings. The fraction of sp³-hybridized carbons (Fsp3) is 0.375. The molecule has 110 valence electrons. The van der Waals surface area contributed by atoms with E-state index < -0.39 is 0 Å². The first kappa shape index (κ1) is 14.3. The van der Waals surface area contributed by atoms with Crippen molar-refractivity contribution in [2.75, 3.05) is 13.2 Å². The Hall–Kier alpha value is -1.65. The summed E-state index contributed by atoms with van der Waals surface area (Å²) in [6, 6.07) is 7.77. The van der Waals surface area contributed by atoms with E-state index in [-0.39, 0.29) is 0 Å². The summed E-state index contributed by atoms with van der Waals surface area (Å²) in [5, 5.41) is 0.745. The van der Waals surface area contributed by atoms with Gasteiger partial charge in [-0.2, -0.15) is 0 Å². The fourth-order valence-corrected chi connectivity index (χ4v) is 2.68. The maximum atomic E-state index is 6.08. The van der Waals surface area contributed by atoms with E-state index in [1.54, 1.807) is 0 Å². The SMILES string of the molecule is CCc1nccc(CN2CCOc3ccc(Cl)cc3C2)n1. The molecule has 0 saturated carbocycles. The third kappa shape index (κ3) is 3.52. The maximum absolute atomic E-state index is 6.08. The summed E-state index contributed by atoms with van der Waals surface area (Å²) in [5.74, 6) is 1.82. The number of halogens is 1. The molecule has 3 rings (SSSR count). The van der Waals surface area contributed by atoms with Crippen LogP contribution in [0.25, 0.3) is 0 Å². The average Bonchev–Trinajstić information content (AvgIpc) is 2.68. The summed E-state index contributed by atoms with van der Waals surface area (Å²) in [6.07, 6.45) is 2.69. The number of fused-ring (bicyclic) bond motifs is 1. The maximum Gasteiger partial charge on any atom is 0.128 e. The molecule has 0 spiro atoms. The van der Waals surface area contributed by atoms with Crippen molar-refractivity contribution in [2.24, 2.45) is 0 Å². The number of aryl methyl sites for hydroxylation is 1. The average molecular weight is 304 g/mol. The van der Waals surface area contributed by atoms with Gasteiger partial charge < -0.3 is 4.74 Å². The van der Waals surface area contributed by atoms with Gasteiger partial charge in [0, 0.05) is 42.8 Å². The van der Waals surface area contributed by atoms with Gasteiger partial charge in [0.05, 0.1) is 5.69 Å². The molecule has 1 aromatic heterocycles. The highest BCUT2D eigenvalue weighted by molar-refractivity contribution is 6.30. The topological polar surface area (TPSA) is 38.2 Å². The minimum Gasteiger partial charge on any atom is -0.492 e. The zero-order chi connectivity index (χ0) is 14.7. The zero-order valence-corrected chi connectivity index (χ0v) is 12.8. The monoisotopic (exact) mass is 303 g/mol. The molecule has 21 heavy (non-hydrogen) atoms. The number of hydrogen-bond donors (Lipinski definition) is 0. The second-order valence-electron chi connectivity index (χ2n) is 5.13. The molecule has 1 aliphatic rings. The van der Waals surface area contributed by atoms with E-state index in [9.17, 15) is 0 Å². The van der Waals surface area contributed by atoms with Crippen LogP contribution in [0.3, 0.4) is 0 Å². The summed E-state index contributed by atoms with van der Waals surface area (Å²) < 4.78 is 5.78. The Bertz CT molecular complexity index is 633. The van der Waals surface area contributed by atoms with Gasteiger partial charge >= 0.3 is 0 Å². The third-order valence-corrected chi connectivity index (χ3v) is 3.78. The van der Waals surface area contributed by atoms with Crippen LogP contribution in [-0.2, 0) is 19.5 Å². The van der Waals surface area contributed by atoms with Crippen LogP contribution in [0.4, 0.5) is 0 Å². The van der Waals surface area contributed by atoms with Crippen molar-refractivity contribution in [3.05, 3.63) is 52.6 Å². The number of aromatic nitrogens is 2. The smallest absolute Gasteiger partial charge is 0.128 e. The van der Waals surface area contributed by atoms with Gasteiger partial charge in [0.25, 0.3) is 0 Å². The molecular formula is C16H18ClN3O. The Kier molecular flexibility index (Phi) is 4.36. The van der Waals surface area contributed by atoms with Crippen molar-refractivity contribution >= 4 is 11.6 Å². The molecule has 0 unspecified atom stereocenters. The highest BCUT2D eigenvalue weighted by Crippen LogP contribution is 2.26. The van der Waals surface area contributed by atoms with Crippen LogP contribution >= 0.6 is 11.6 Å². The molecule has 1 aromatic carbocycles. The van der Waals surface area contributed by atoms with Crippen LogP contribution in [0.5, 0.6) is 5.75 Å². The van der Waals surface area contributed by atoms with Gasteiger partial charge in [0.1, 0.15) is 18.2 Å². The Labute approximate surface area is 129 Å². The van der Waals surface area contributed by atoms with E-state index in [0.29, 0.717) is 6.61 Å². The van der Waals surface area contributed by atoms with E-state index >= 15 is 0 Å². The van der Waals surface area contributed by atoms with Crippen LogP contribution in [0, 0.1) is 0 Å². The lowest BCUT2D eigenvalue weighted by molar-refractivity contribution is 0.217. The molecule has 5 heteroatoms. The number of nitrogens with zero attached hydrogens (tertiary/aromatic N) is 3. The highest BCUT2D eigenvalue weighted by Gasteiger charge is 2.16. The van der Waals surface area contributed by atoms with Crippen molar-refractivity contribution in [1.29, 1.82) is 0 Å². The predicted molar refractivity (Wildman–Crippen MR) is 82.5 cm³/mol. The normalized spacial score (nSPS) is 15.1. The third-order valence-electron chi connectivity index (χ3n) is 3.55. The van der Waals surface area contributed by atoms with Crippen molar-refractivity contribution in [1.82, 2.24) is 14.9 Å². The van der Waals surface area contributed by atoms with E-state index in [4.69, 9.17) is 16.3 Å². The zero-order valence-electron chi connectivity index (χ0n) is 12.1. The van der Waals surface area contributed by atoms with E-state index in [1.165, 1.54) is 0 Å². The van der Waals surface area contributed by atoms with Gasteiger partial charge in [-0.15, -0.1) is 0 Å². The van der Waals surface area contributed by atoms with Crippen LogP contribution < -0.4 is 4.74 Å². The number of benzene rings is 1. The van der Waals surface area contributed by atoms with Crippen molar-refractivity contribution < 1.29 is 4.74 Å². The minimum atomic E-state index is 0.681. The molecular weight excluding hydrogens is 286 g/mol. The first-order chi connectivity index (χ1) is 10.2. The van der Waals surface area contributed by atoms with Crippen molar-refractivity contribution in [3.63, 3.8) is 0 Å². The van der Waals surface area contributed by atoms with Gasteiger partial charge in [-0.25, -0.2) is 9.97 Å². The quantitative estimate of drug-likeness (QED) is 0.873. The van der Waals surface area contributed by atoms with Crippen LogP contribution in [0.1, 0.15) is 24.0 Å². The molecule has 0 atom stereocenters. The molecule has 0 bridgehead atoms. The Morgan fingerprint density at radius 2 is 2.24 bits per heavy atom. The van der Waals surface area contributed by atoms with Gasteiger partial charge in [-0.1, -0.05) is 18.5 Å². The summed E-state index contributed by atoms with van der Waals surface area (Å²) in [7, 11) is 0. The lowest BCUT2D eigenvalue weighted by Gasteiger charge is -2.19. The van der Waals surface area contributed by atoms with Crippen molar-refractivity contribution in [2.45, 2.75) is 26.4 Å². The molecule has 2 heterocycles. The first-order valence-electron chi connectivity index (χ1n) is 7.19. The standard InChI is InChI=1S/C16H18ClN3O/c1-2-16-18-6-5-14(19-16)11-20-7-8-21-15-4-3-13(17)9-12(15)10-20/h3-6,9H,2,7-8,10-11H2,1H3. The second kappa shape index (κ2) is 6.41. The van der Waals surface area contributed by atoms with Crippen molar-refractivity contribution in [3.8, 4) is 5.75 Å². The van der Waals surface area contributed by atoms with Gasteiger partial charge in [-0.3, -0.25) is 4.90 Å². The summed E-state index contributed by atoms with van der Waals surface area (Å²) in [6.45, 7) is 5.24. The second-order valence-corrected chi connectivity index (χ2v) is 5.57. The Balaban J connectivity index is 1.77. The van der Waals surface area contributed by atoms with E-state index in [2.05, 4.69) is 21.8 Å². The van der Waals surface area contributed by atoms with Crippen LogP contribution in [0.2, 0.25) is 5.02 Å². The van der Waals surface area contributed by atoms with Crippen LogP contribution in [0.15, 0.2) is 30.5 Å². The Morgan fingerprint density at radius 1 is 1.33 bits per heavy atom. The fourth-order valence-electron chi connectivity index (χ4n) is 2.48. The molecule has 0 amide bonds. The highest BCUT2D eigenvalue weighted by atomic mass is 35.5. The largest absolute Gasteiger partial charge is 0.492 e. The first-order valence-corrected chi connectivity index (χ1v) is 7.57. The predicted octanol–water partition coefficient (Wildman–Crippen LogP) is 3.09. The van der Waals surface area contributed by atoms with Crippen LogP contribution in [-0.4, -0.2) is 28.0 Å². The molecule has 1 aliphatic heterocycles. The summed E-state index contributed by atoms with van der Waals surface area (Å²) >= 11 is 6.08. The number of ether oxygens (including phenoxy) is 1. The van der Waals surface area contributed by atoms with E-state index in [0.717, 1.165) is 53.9 Å². The van der Waals surface area contributed by atoms with E-state index in [1.807, 2.05) is 30.5 Å². The van der Waals surface area contributed by atoms with Gasteiger partial charge in [0.2, 0.25) is 0 Å². The summed E-state index contributed by atoms with van der Waals surface area (Å²) in [5.41, 5.74) is 2.18. The lowest BCUT2D eigenvalue weighted by atomic mass is 10.2. The Morgan fingerprint density at radius 3 is 3.10 bits per heavy atom. The minimum absolute atomic E-state index is 0.681. The summed E-state index contributed by atoms with van der Waals surface area (Å²) in [4.78, 5) is 11.1. The number of rotatable bonds is 3. The molecule has 0 aliphatic carbocycles. The molecule has 2 aromatic rings. The lowest BCUT2D eigenvalue weighted by Crippen LogP contribution is -2.25. The number of hydrogen-bond acceptors (Lipinski definition) is 4. The molecule has 0 radical (unpaired) electrons. The van der Waals surface area contributed by atoms with Gasteiger partial charge in [0.15, 0.2) is 0 Å².